The van der Waals surface area contributed by atoms with Gasteiger partial charge in [0, 0.05) is 6.92 Å². The van der Waals surface area contributed by atoms with Crippen LogP contribution in [-0.4, -0.2) is 33.9 Å². The van der Waals surface area contributed by atoms with E-state index in [4.69, 9.17) is 10.2 Å². The monoisotopic (exact) mass is 176 g/mol. The Hall–Kier alpha value is -0.940. The second kappa shape index (κ2) is 3.64. The molecule has 0 heterocycles. The number of rotatable bonds is 4. The average Bonchev–Trinajstić information content (AvgIpc) is 1.85. The molecule has 0 amide bonds. The van der Waals surface area contributed by atoms with Gasteiger partial charge in [-0.25, -0.2) is 4.79 Å². The molecular weight excluding hydrogens is 164 g/mol. The normalized spacial score (nSPS) is 18.0. The lowest BCUT2D eigenvalue weighted by molar-refractivity contribution is -0.227. The summed E-state index contributed by atoms with van der Waals surface area (Å²) in [6.45, 7) is 3.59. The van der Waals surface area contributed by atoms with E-state index in [9.17, 15) is 9.59 Å². The van der Waals surface area contributed by atoms with E-state index in [0.29, 0.717) is 0 Å². The van der Waals surface area contributed by atoms with E-state index in [2.05, 4.69) is 4.74 Å². The van der Waals surface area contributed by atoms with Crippen LogP contribution in [0.3, 0.4) is 0 Å². The van der Waals surface area contributed by atoms with Gasteiger partial charge in [0.2, 0.25) is 0 Å². The zero-order valence-electron chi connectivity index (χ0n) is 7.20. The molecule has 0 aromatic heterocycles. The predicted molar refractivity (Wildman–Crippen MR) is 39.5 cm³/mol. The number of aliphatic carboxylic acids is 1. The fourth-order valence-electron chi connectivity index (χ4n) is 0.478. The number of carbonyl (C=O) groups is 2. The van der Waals surface area contributed by atoms with Crippen LogP contribution in [0.1, 0.15) is 20.8 Å². The minimum Gasteiger partial charge on any atom is -0.477 e. The van der Waals surface area contributed by atoms with E-state index in [-0.39, 0.29) is 5.78 Å². The van der Waals surface area contributed by atoms with Gasteiger partial charge >= 0.3 is 5.97 Å². The van der Waals surface area contributed by atoms with E-state index in [1.54, 1.807) is 0 Å². The van der Waals surface area contributed by atoms with Crippen LogP contribution >= 0.6 is 0 Å². The number of hydrogen-bond acceptors (Lipinski definition) is 4. The lowest BCUT2D eigenvalue weighted by Crippen LogP contribution is -2.42. The number of ether oxygens (including phenoxy) is 1. The Morgan fingerprint density at radius 1 is 1.50 bits per heavy atom. The van der Waals surface area contributed by atoms with Gasteiger partial charge in [-0.2, -0.15) is 0 Å². The van der Waals surface area contributed by atoms with Crippen LogP contribution in [0.15, 0.2) is 0 Å². The van der Waals surface area contributed by atoms with E-state index in [1.165, 1.54) is 13.8 Å². The minimum atomic E-state index is -2.30. The van der Waals surface area contributed by atoms with Crippen molar-refractivity contribution in [2.75, 3.05) is 0 Å². The number of carbonyl (C=O) groups excluding carboxylic acids is 1. The molecule has 0 saturated heterocycles. The molecule has 0 aliphatic carbocycles. The molecule has 2 unspecified atom stereocenters. The first-order chi connectivity index (χ1) is 5.27. The molecule has 0 aromatic rings. The molecule has 0 aliphatic heterocycles. The summed E-state index contributed by atoms with van der Waals surface area (Å²) in [5.41, 5.74) is 0. The summed E-state index contributed by atoms with van der Waals surface area (Å²) < 4.78 is 4.57. The Bertz CT molecular complexity index is 196. The van der Waals surface area contributed by atoms with Crippen molar-refractivity contribution < 1.29 is 24.5 Å². The summed E-state index contributed by atoms with van der Waals surface area (Å²) in [6, 6.07) is 0. The molecule has 0 aliphatic rings. The van der Waals surface area contributed by atoms with E-state index in [1.807, 2.05) is 0 Å². The third-order valence-corrected chi connectivity index (χ3v) is 1.38. The van der Waals surface area contributed by atoms with Crippen molar-refractivity contribution in [2.24, 2.45) is 0 Å². The van der Waals surface area contributed by atoms with Gasteiger partial charge in [0.25, 0.3) is 5.79 Å². The summed E-state index contributed by atoms with van der Waals surface area (Å²) in [5.74, 6) is -4.16. The van der Waals surface area contributed by atoms with E-state index < -0.39 is 17.9 Å². The Morgan fingerprint density at radius 2 is 1.92 bits per heavy atom. The van der Waals surface area contributed by atoms with Gasteiger partial charge in [-0.15, -0.1) is 0 Å². The number of carboxylic acids is 1. The molecule has 0 rings (SSSR count). The van der Waals surface area contributed by atoms with Crippen LogP contribution in [0.4, 0.5) is 0 Å². The molecule has 70 valence electrons. The van der Waals surface area contributed by atoms with Gasteiger partial charge in [0.1, 0.15) is 6.10 Å². The van der Waals surface area contributed by atoms with Crippen molar-refractivity contribution >= 4 is 11.8 Å². The standard InChI is InChI=1S/C7H12O5/c1-4(8)5(2)12-7(3,11)6(9)10/h5,11H,1-3H3,(H,9,10). The molecule has 2 atom stereocenters. The third-order valence-electron chi connectivity index (χ3n) is 1.38. The van der Waals surface area contributed by atoms with Crippen molar-refractivity contribution in [1.29, 1.82) is 0 Å². The molecule has 0 spiro atoms. The van der Waals surface area contributed by atoms with Gasteiger partial charge in [0.15, 0.2) is 5.78 Å². The van der Waals surface area contributed by atoms with Gasteiger partial charge in [-0.05, 0) is 13.8 Å². The Morgan fingerprint density at radius 3 is 2.17 bits per heavy atom. The van der Waals surface area contributed by atoms with Gasteiger partial charge in [-0.1, -0.05) is 0 Å². The number of carboxylic acid groups (broad SMARTS) is 1. The molecule has 5 nitrogen and oxygen atoms in total. The summed E-state index contributed by atoms with van der Waals surface area (Å²) in [4.78, 5) is 20.9. The zero-order valence-corrected chi connectivity index (χ0v) is 7.20. The van der Waals surface area contributed by atoms with Crippen molar-refractivity contribution in [1.82, 2.24) is 0 Å². The number of Topliss-reactive ketones (excluding diaryl/α,β-unsaturated/α-hetero) is 1. The quantitative estimate of drug-likeness (QED) is 0.578. The van der Waals surface area contributed by atoms with Crippen molar-refractivity contribution in [3.05, 3.63) is 0 Å². The van der Waals surface area contributed by atoms with Crippen LogP contribution in [0.25, 0.3) is 0 Å². The molecule has 0 aromatic carbocycles. The smallest absolute Gasteiger partial charge is 0.363 e. The highest BCUT2D eigenvalue weighted by Crippen LogP contribution is 2.09. The molecule has 2 N–H and O–H groups in total. The predicted octanol–water partition coefficient (Wildman–Crippen LogP) is -0.226. The summed E-state index contributed by atoms with van der Waals surface area (Å²) in [7, 11) is 0. The largest absolute Gasteiger partial charge is 0.477 e. The number of aliphatic hydroxyl groups is 1. The van der Waals surface area contributed by atoms with E-state index in [0.717, 1.165) is 6.92 Å². The first kappa shape index (κ1) is 11.1. The molecular formula is C7H12O5. The van der Waals surface area contributed by atoms with Crippen LogP contribution in [0.5, 0.6) is 0 Å². The molecule has 0 radical (unpaired) electrons. The van der Waals surface area contributed by atoms with Gasteiger partial charge in [-0.3, -0.25) is 4.79 Å². The van der Waals surface area contributed by atoms with Crippen molar-refractivity contribution in [3.63, 3.8) is 0 Å². The first-order valence-electron chi connectivity index (χ1n) is 3.41. The Balaban J connectivity index is 4.24. The lowest BCUT2D eigenvalue weighted by atomic mass is 10.2. The molecule has 0 saturated carbocycles. The van der Waals surface area contributed by atoms with Gasteiger partial charge in [0.05, 0.1) is 0 Å². The molecule has 0 fully saturated rings. The highest BCUT2D eigenvalue weighted by molar-refractivity contribution is 5.81. The summed E-state index contributed by atoms with van der Waals surface area (Å²) in [5, 5.41) is 17.4. The van der Waals surface area contributed by atoms with Crippen molar-refractivity contribution in [3.8, 4) is 0 Å². The van der Waals surface area contributed by atoms with Crippen molar-refractivity contribution in [2.45, 2.75) is 32.7 Å². The molecule has 5 heteroatoms. The first-order valence-corrected chi connectivity index (χ1v) is 3.41. The highest BCUT2D eigenvalue weighted by Gasteiger charge is 2.34. The summed E-state index contributed by atoms with van der Waals surface area (Å²) in [6.07, 6.45) is -0.920. The maximum absolute atomic E-state index is 10.6. The fraction of sp³-hybridized carbons (Fsp3) is 0.714. The summed E-state index contributed by atoms with van der Waals surface area (Å²) >= 11 is 0. The van der Waals surface area contributed by atoms with E-state index >= 15 is 0 Å². The Labute approximate surface area is 70.0 Å². The van der Waals surface area contributed by atoms with Crippen LogP contribution in [-0.2, 0) is 14.3 Å². The minimum absolute atomic E-state index is 0.337. The van der Waals surface area contributed by atoms with Gasteiger partial charge < -0.3 is 14.9 Å². The SMILES string of the molecule is CC(=O)C(C)OC(C)(O)C(=O)O. The van der Waals surface area contributed by atoms with Crippen LogP contribution < -0.4 is 0 Å². The second-order valence-electron chi connectivity index (χ2n) is 2.66. The molecule has 12 heavy (non-hydrogen) atoms. The Kier molecular flexibility index (Phi) is 3.36. The maximum atomic E-state index is 10.6. The average molecular weight is 176 g/mol. The molecule has 0 bridgehead atoms. The van der Waals surface area contributed by atoms with Crippen LogP contribution in [0, 0.1) is 0 Å². The lowest BCUT2D eigenvalue weighted by Gasteiger charge is -2.21. The topological polar surface area (TPSA) is 83.8 Å². The maximum Gasteiger partial charge on any atom is 0.363 e. The second-order valence-corrected chi connectivity index (χ2v) is 2.66. The number of hydrogen-bond donors (Lipinski definition) is 2. The van der Waals surface area contributed by atoms with Crippen LogP contribution in [0.2, 0.25) is 0 Å². The fourth-order valence-corrected chi connectivity index (χ4v) is 0.478. The third kappa shape index (κ3) is 2.98. The number of ketones is 1. The highest BCUT2D eigenvalue weighted by atomic mass is 16.7. The zero-order chi connectivity index (χ0) is 9.94.